The fraction of sp³-hybridized carbons (Fsp3) is 0.273. The smallest absolute Gasteiger partial charge is 0.416 e. The SMILES string of the molecule is C=COC(=O)Nc1ccccc1CCN1CCN(c2nsc3ccccc23)CC1. The molecule has 2 aromatic carbocycles. The van der Waals surface area contributed by atoms with E-state index < -0.39 is 6.09 Å². The maximum atomic E-state index is 11.7. The number of aromatic nitrogens is 1. The Balaban J connectivity index is 1.33. The molecule has 1 aliphatic heterocycles. The molecule has 0 bridgehead atoms. The lowest BCUT2D eigenvalue weighted by atomic mass is 10.1. The van der Waals surface area contributed by atoms with Gasteiger partial charge in [-0.2, -0.15) is 4.37 Å². The number of hydrogen-bond donors (Lipinski definition) is 1. The average molecular weight is 409 g/mol. The summed E-state index contributed by atoms with van der Waals surface area (Å²) in [6.45, 7) is 8.29. The van der Waals surface area contributed by atoms with Gasteiger partial charge in [0.25, 0.3) is 0 Å². The number of carbonyl (C=O) groups excluding carboxylic acids is 1. The van der Waals surface area contributed by atoms with Gasteiger partial charge in [0.1, 0.15) is 5.82 Å². The average Bonchev–Trinajstić information content (AvgIpc) is 3.18. The van der Waals surface area contributed by atoms with Gasteiger partial charge < -0.3 is 9.64 Å². The molecule has 6 nitrogen and oxygen atoms in total. The molecule has 0 atom stereocenters. The van der Waals surface area contributed by atoms with Gasteiger partial charge in [-0.15, -0.1) is 0 Å². The highest BCUT2D eigenvalue weighted by molar-refractivity contribution is 7.13. The van der Waals surface area contributed by atoms with Crippen molar-refractivity contribution >= 4 is 39.2 Å². The number of nitrogens with zero attached hydrogens (tertiary/aromatic N) is 3. The Kier molecular flexibility index (Phi) is 6.07. The third-order valence-corrected chi connectivity index (χ3v) is 5.99. The first-order valence-corrected chi connectivity index (χ1v) is 10.5. The Hall–Kier alpha value is -2.90. The third-order valence-electron chi connectivity index (χ3n) is 5.17. The second-order valence-electron chi connectivity index (χ2n) is 6.94. The summed E-state index contributed by atoms with van der Waals surface area (Å²) in [5.41, 5.74) is 1.88. The molecule has 0 radical (unpaired) electrons. The molecular formula is C22H24N4O2S. The van der Waals surface area contributed by atoms with Crippen molar-refractivity contribution in [3.05, 3.63) is 66.9 Å². The summed E-state index contributed by atoms with van der Waals surface area (Å²) in [5.74, 6) is 1.11. The molecule has 1 amide bonds. The lowest BCUT2D eigenvalue weighted by Crippen LogP contribution is -2.47. The predicted molar refractivity (Wildman–Crippen MR) is 119 cm³/mol. The van der Waals surface area contributed by atoms with Gasteiger partial charge in [-0.25, -0.2) is 4.79 Å². The molecule has 29 heavy (non-hydrogen) atoms. The molecule has 7 heteroatoms. The monoisotopic (exact) mass is 408 g/mol. The number of amides is 1. The first kappa shape index (κ1) is 19.4. The summed E-state index contributed by atoms with van der Waals surface area (Å²) in [5, 5.41) is 4.02. The number of piperazine rings is 1. The van der Waals surface area contributed by atoms with E-state index in [1.54, 1.807) is 11.5 Å². The number of hydrogen-bond acceptors (Lipinski definition) is 6. The van der Waals surface area contributed by atoms with Gasteiger partial charge in [0.15, 0.2) is 0 Å². The number of nitrogens with one attached hydrogen (secondary N) is 1. The zero-order valence-electron chi connectivity index (χ0n) is 16.2. The largest absolute Gasteiger partial charge is 0.419 e. The van der Waals surface area contributed by atoms with Crippen LogP contribution in [0.5, 0.6) is 0 Å². The molecule has 0 spiro atoms. The highest BCUT2D eigenvalue weighted by atomic mass is 32.1. The van der Waals surface area contributed by atoms with E-state index in [-0.39, 0.29) is 0 Å². The molecule has 1 fully saturated rings. The van der Waals surface area contributed by atoms with E-state index in [4.69, 9.17) is 4.74 Å². The first-order chi connectivity index (χ1) is 14.2. The van der Waals surface area contributed by atoms with E-state index in [1.165, 1.54) is 10.1 Å². The molecule has 0 unspecified atom stereocenters. The highest BCUT2D eigenvalue weighted by Gasteiger charge is 2.20. The molecule has 4 rings (SSSR count). The summed E-state index contributed by atoms with van der Waals surface area (Å²) in [6, 6.07) is 16.3. The van der Waals surface area contributed by atoms with E-state index >= 15 is 0 Å². The fourth-order valence-corrected chi connectivity index (χ4v) is 4.43. The Morgan fingerprint density at radius 2 is 1.90 bits per heavy atom. The third kappa shape index (κ3) is 4.58. The normalized spacial score (nSPS) is 14.7. The predicted octanol–water partition coefficient (Wildman–Crippen LogP) is 4.35. The van der Waals surface area contributed by atoms with E-state index in [2.05, 4.69) is 50.3 Å². The number of carbonyl (C=O) groups is 1. The maximum Gasteiger partial charge on any atom is 0.416 e. The Morgan fingerprint density at radius 1 is 1.14 bits per heavy atom. The second kappa shape index (κ2) is 9.07. The van der Waals surface area contributed by atoms with Crippen LogP contribution in [0, 0.1) is 0 Å². The van der Waals surface area contributed by atoms with Gasteiger partial charge in [0.05, 0.1) is 11.0 Å². The number of para-hydroxylation sites is 1. The van der Waals surface area contributed by atoms with Gasteiger partial charge in [0, 0.05) is 43.8 Å². The molecule has 150 valence electrons. The number of benzene rings is 2. The van der Waals surface area contributed by atoms with Crippen LogP contribution in [0.2, 0.25) is 0 Å². The van der Waals surface area contributed by atoms with Gasteiger partial charge in [-0.3, -0.25) is 10.2 Å². The zero-order chi connectivity index (χ0) is 20.1. The topological polar surface area (TPSA) is 57.7 Å². The van der Waals surface area contributed by atoms with Crippen molar-refractivity contribution in [3.63, 3.8) is 0 Å². The quantitative estimate of drug-likeness (QED) is 0.615. The fourth-order valence-electron chi connectivity index (χ4n) is 3.64. The molecule has 3 aromatic rings. The molecule has 1 aromatic heterocycles. The van der Waals surface area contributed by atoms with Crippen LogP contribution in [0.3, 0.4) is 0 Å². The second-order valence-corrected chi connectivity index (χ2v) is 7.74. The van der Waals surface area contributed by atoms with E-state index in [0.29, 0.717) is 0 Å². The van der Waals surface area contributed by atoms with Crippen LogP contribution >= 0.6 is 11.5 Å². The standard InChI is InChI=1S/C22H24N4O2S/c1-2-28-22(27)23-19-9-5-3-7-17(19)11-12-25-13-15-26(16-14-25)21-18-8-4-6-10-20(18)29-24-21/h2-10H,1,11-16H2,(H,23,27). The van der Waals surface area contributed by atoms with Crippen molar-refractivity contribution in [3.8, 4) is 0 Å². The van der Waals surface area contributed by atoms with Crippen LogP contribution in [-0.4, -0.2) is 48.1 Å². The maximum absolute atomic E-state index is 11.7. The van der Waals surface area contributed by atoms with Crippen LogP contribution < -0.4 is 10.2 Å². The van der Waals surface area contributed by atoms with Gasteiger partial charge in [0.2, 0.25) is 0 Å². The van der Waals surface area contributed by atoms with Gasteiger partial charge >= 0.3 is 6.09 Å². The van der Waals surface area contributed by atoms with Crippen molar-refractivity contribution in [2.75, 3.05) is 42.9 Å². The van der Waals surface area contributed by atoms with Crippen LogP contribution in [-0.2, 0) is 11.2 Å². The van der Waals surface area contributed by atoms with Crippen molar-refractivity contribution in [2.45, 2.75) is 6.42 Å². The lowest BCUT2D eigenvalue weighted by Gasteiger charge is -2.35. The van der Waals surface area contributed by atoms with Crippen molar-refractivity contribution in [2.24, 2.45) is 0 Å². The minimum absolute atomic E-state index is 0.517. The van der Waals surface area contributed by atoms with Crippen molar-refractivity contribution in [1.29, 1.82) is 0 Å². The molecule has 0 saturated carbocycles. The number of rotatable bonds is 6. The summed E-state index contributed by atoms with van der Waals surface area (Å²) < 4.78 is 10.7. The zero-order valence-corrected chi connectivity index (χ0v) is 17.0. The Bertz CT molecular complexity index is 995. The van der Waals surface area contributed by atoms with E-state index in [1.807, 2.05) is 24.3 Å². The molecular weight excluding hydrogens is 384 g/mol. The van der Waals surface area contributed by atoms with E-state index in [9.17, 15) is 4.79 Å². The summed E-state index contributed by atoms with van der Waals surface area (Å²) in [6.07, 6.45) is 1.48. The summed E-state index contributed by atoms with van der Waals surface area (Å²) in [4.78, 5) is 16.5. The van der Waals surface area contributed by atoms with Crippen LogP contribution in [0.25, 0.3) is 10.1 Å². The Morgan fingerprint density at radius 3 is 2.72 bits per heavy atom. The summed E-state index contributed by atoms with van der Waals surface area (Å²) in [7, 11) is 0. The molecule has 1 N–H and O–H groups in total. The van der Waals surface area contributed by atoms with Gasteiger partial charge in [-0.1, -0.05) is 36.9 Å². The van der Waals surface area contributed by atoms with Crippen LogP contribution in [0.15, 0.2) is 61.4 Å². The van der Waals surface area contributed by atoms with Crippen LogP contribution in [0.1, 0.15) is 5.56 Å². The van der Waals surface area contributed by atoms with Crippen LogP contribution in [0.4, 0.5) is 16.3 Å². The molecule has 1 saturated heterocycles. The number of anilines is 2. The summed E-state index contributed by atoms with van der Waals surface area (Å²) >= 11 is 1.57. The molecule has 2 heterocycles. The van der Waals surface area contributed by atoms with Crippen molar-refractivity contribution < 1.29 is 9.53 Å². The first-order valence-electron chi connectivity index (χ1n) is 9.73. The molecule has 0 aliphatic carbocycles. The van der Waals surface area contributed by atoms with E-state index in [0.717, 1.165) is 62.5 Å². The van der Waals surface area contributed by atoms with Crippen molar-refractivity contribution in [1.82, 2.24) is 9.27 Å². The minimum atomic E-state index is -0.517. The molecule has 1 aliphatic rings. The minimum Gasteiger partial charge on any atom is -0.419 e. The Labute approximate surface area is 174 Å². The van der Waals surface area contributed by atoms with Gasteiger partial charge in [-0.05, 0) is 41.7 Å². The number of fused-ring (bicyclic) bond motifs is 1. The number of ether oxygens (including phenoxy) is 1. The highest BCUT2D eigenvalue weighted by Crippen LogP contribution is 2.29. The lowest BCUT2D eigenvalue weighted by molar-refractivity contribution is 0.201.